The van der Waals surface area contributed by atoms with E-state index in [1.165, 1.54) is 4.31 Å². The Morgan fingerprint density at radius 2 is 1.75 bits per heavy atom. The summed E-state index contributed by atoms with van der Waals surface area (Å²) in [7, 11) is -3.44. The number of nitrogens with zero attached hydrogens (tertiary/aromatic N) is 1. The Kier molecular flexibility index (Phi) is 5.32. The second kappa shape index (κ2) is 5.87. The average Bonchev–Trinajstić information content (AvgIpc) is 2.80. The van der Waals surface area contributed by atoms with E-state index in [-0.39, 0.29) is 11.8 Å². The topological polar surface area (TPSA) is 49.4 Å². The number of hydrogen-bond donors (Lipinski definition) is 1. The van der Waals surface area contributed by atoms with Crippen LogP contribution in [-0.2, 0) is 10.2 Å². The number of hydrogen-bond acceptors (Lipinski definition) is 2. The molecule has 0 amide bonds. The van der Waals surface area contributed by atoms with Crippen molar-refractivity contribution >= 4 is 33.4 Å². The van der Waals surface area contributed by atoms with Crippen molar-refractivity contribution in [1.29, 1.82) is 0 Å². The van der Waals surface area contributed by atoms with Gasteiger partial charge in [-0.3, -0.25) is 0 Å². The SMILES string of the molecule is CCC(CCl)(CCl)NS(=O)(=O)N1CCCC1. The molecule has 1 aliphatic rings. The van der Waals surface area contributed by atoms with Crippen LogP contribution in [0, 0.1) is 0 Å². The second-order valence-electron chi connectivity index (χ2n) is 4.11. The maximum Gasteiger partial charge on any atom is 0.280 e. The van der Waals surface area contributed by atoms with Crippen LogP contribution in [0.15, 0.2) is 0 Å². The third-order valence-electron chi connectivity index (χ3n) is 2.94. The van der Waals surface area contributed by atoms with E-state index in [9.17, 15) is 8.42 Å². The van der Waals surface area contributed by atoms with Gasteiger partial charge in [-0.15, -0.1) is 23.2 Å². The Balaban J connectivity index is 2.76. The lowest BCUT2D eigenvalue weighted by atomic mass is 10.0. The zero-order valence-corrected chi connectivity index (χ0v) is 11.7. The summed E-state index contributed by atoms with van der Waals surface area (Å²) in [5.41, 5.74) is -0.732. The molecule has 0 aliphatic carbocycles. The van der Waals surface area contributed by atoms with Crippen LogP contribution in [0.1, 0.15) is 26.2 Å². The third kappa shape index (κ3) is 3.23. The van der Waals surface area contributed by atoms with E-state index in [0.29, 0.717) is 19.5 Å². The lowest BCUT2D eigenvalue weighted by Gasteiger charge is -2.31. The van der Waals surface area contributed by atoms with Crippen LogP contribution in [0.3, 0.4) is 0 Å². The molecule has 0 bridgehead atoms. The Morgan fingerprint density at radius 3 is 2.12 bits per heavy atom. The van der Waals surface area contributed by atoms with Crippen molar-refractivity contribution in [2.45, 2.75) is 31.7 Å². The molecule has 4 nitrogen and oxygen atoms in total. The molecule has 0 atom stereocenters. The molecule has 1 fully saturated rings. The predicted molar refractivity (Wildman–Crippen MR) is 67.3 cm³/mol. The van der Waals surface area contributed by atoms with Gasteiger partial charge in [0.2, 0.25) is 0 Å². The molecule has 0 radical (unpaired) electrons. The molecule has 1 aliphatic heterocycles. The summed E-state index contributed by atoms with van der Waals surface area (Å²) in [6.07, 6.45) is 2.41. The molecular formula is C9H18Cl2N2O2S. The van der Waals surface area contributed by atoms with E-state index < -0.39 is 15.7 Å². The second-order valence-corrected chi connectivity index (χ2v) is 6.32. The maximum atomic E-state index is 12.0. The molecule has 1 saturated heterocycles. The number of halogens is 2. The van der Waals surface area contributed by atoms with Crippen LogP contribution in [0.25, 0.3) is 0 Å². The lowest BCUT2D eigenvalue weighted by molar-refractivity contribution is 0.407. The predicted octanol–water partition coefficient (Wildman–Crippen LogP) is 1.54. The zero-order chi connectivity index (χ0) is 12.2. The molecule has 1 N–H and O–H groups in total. The van der Waals surface area contributed by atoms with Gasteiger partial charge in [0.25, 0.3) is 10.2 Å². The number of alkyl halides is 2. The molecule has 1 rings (SSSR count). The highest BCUT2D eigenvalue weighted by Gasteiger charge is 2.35. The molecule has 16 heavy (non-hydrogen) atoms. The highest BCUT2D eigenvalue weighted by molar-refractivity contribution is 7.87. The smallest absolute Gasteiger partial charge is 0.195 e. The fourth-order valence-electron chi connectivity index (χ4n) is 1.62. The summed E-state index contributed by atoms with van der Waals surface area (Å²) >= 11 is 11.6. The monoisotopic (exact) mass is 288 g/mol. The van der Waals surface area contributed by atoms with Crippen molar-refractivity contribution in [3.05, 3.63) is 0 Å². The quantitative estimate of drug-likeness (QED) is 0.754. The molecule has 96 valence electrons. The van der Waals surface area contributed by atoms with Crippen LogP contribution in [-0.4, -0.2) is 43.1 Å². The normalized spacial score (nSPS) is 19.2. The van der Waals surface area contributed by atoms with Gasteiger partial charge in [-0.2, -0.15) is 17.4 Å². The Hall–Kier alpha value is 0.450. The van der Waals surface area contributed by atoms with Crippen LogP contribution < -0.4 is 4.72 Å². The van der Waals surface area contributed by atoms with E-state index in [1.54, 1.807) is 0 Å². The largest absolute Gasteiger partial charge is 0.280 e. The van der Waals surface area contributed by atoms with Gasteiger partial charge >= 0.3 is 0 Å². The molecule has 0 spiro atoms. The summed E-state index contributed by atoms with van der Waals surface area (Å²) in [6.45, 7) is 3.04. The third-order valence-corrected chi connectivity index (χ3v) is 5.70. The van der Waals surface area contributed by atoms with E-state index >= 15 is 0 Å². The van der Waals surface area contributed by atoms with E-state index in [0.717, 1.165) is 12.8 Å². The Morgan fingerprint density at radius 1 is 1.25 bits per heavy atom. The molecular weight excluding hydrogens is 271 g/mol. The highest BCUT2D eigenvalue weighted by atomic mass is 35.5. The van der Waals surface area contributed by atoms with Crippen LogP contribution in [0.2, 0.25) is 0 Å². The van der Waals surface area contributed by atoms with E-state index in [1.807, 2.05) is 6.92 Å². The van der Waals surface area contributed by atoms with E-state index in [4.69, 9.17) is 23.2 Å². The lowest BCUT2D eigenvalue weighted by Crippen LogP contribution is -2.55. The molecule has 0 aromatic carbocycles. The van der Waals surface area contributed by atoms with Crippen LogP contribution in [0.4, 0.5) is 0 Å². The average molecular weight is 289 g/mol. The fraction of sp³-hybridized carbons (Fsp3) is 1.00. The summed E-state index contributed by atoms with van der Waals surface area (Å²) in [6, 6.07) is 0. The Bertz CT molecular complexity index is 303. The first-order valence-corrected chi connectivity index (χ1v) is 7.91. The summed E-state index contributed by atoms with van der Waals surface area (Å²) in [4.78, 5) is 0. The number of nitrogens with one attached hydrogen (secondary N) is 1. The van der Waals surface area contributed by atoms with Crippen molar-refractivity contribution in [2.24, 2.45) is 0 Å². The minimum absolute atomic E-state index is 0.181. The van der Waals surface area contributed by atoms with Gasteiger partial charge in [-0.1, -0.05) is 6.92 Å². The molecule has 1 heterocycles. The van der Waals surface area contributed by atoms with Gasteiger partial charge in [-0.25, -0.2) is 0 Å². The summed E-state index contributed by atoms with van der Waals surface area (Å²) in [5, 5.41) is 0. The van der Waals surface area contributed by atoms with Crippen molar-refractivity contribution in [3.8, 4) is 0 Å². The Labute approximate surface area is 107 Å². The fourth-order valence-corrected chi connectivity index (χ4v) is 4.28. The highest BCUT2D eigenvalue weighted by Crippen LogP contribution is 2.19. The van der Waals surface area contributed by atoms with E-state index in [2.05, 4.69) is 4.72 Å². The van der Waals surface area contributed by atoms with Crippen molar-refractivity contribution < 1.29 is 8.42 Å². The van der Waals surface area contributed by atoms with Gasteiger partial charge < -0.3 is 0 Å². The molecule has 0 saturated carbocycles. The van der Waals surface area contributed by atoms with Crippen molar-refractivity contribution in [1.82, 2.24) is 9.03 Å². The molecule has 0 aromatic heterocycles. The molecule has 7 heteroatoms. The zero-order valence-electron chi connectivity index (χ0n) is 9.38. The maximum absolute atomic E-state index is 12.0. The first-order valence-electron chi connectivity index (χ1n) is 5.40. The first-order chi connectivity index (χ1) is 7.49. The minimum atomic E-state index is -3.44. The van der Waals surface area contributed by atoms with Gasteiger partial charge in [0.15, 0.2) is 0 Å². The number of rotatable bonds is 6. The van der Waals surface area contributed by atoms with Crippen LogP contribution in [0.5, 0.6) is 0 Å². The minimum Gasteiger partial charge on any atom is -0.195 e. The van der Waals surface area contributed by atoms with Gasteiger partial charge in [-0.05, 0) is 19.3 Å². The molecule has 0 unspecified atom stereocenters. The van der Waals surface area contributed by atoms with Crippen molar-refractivity contribution in [3.63, 3.8) is 0 Å². The van der Waals surface area contributed by atoms with Gasteiger partial charge in [0.1, 0.15) is 0 Å². The van der Waals surface area contributed by atoms with Crippen LogP contribution >= 0.6 is 23.2 Å². The standard InChI is InChI=1S/C9H18Cl2N2O2S/c1-2-9(7-10,8-11)12-16(14,15)13-5-3-4-6-13/h12H,2-8H2,1H3. The van der Waals surface area contributed by atoms with Crippen molar-refractivity contribution in [2.75, 3.05) is 24.8 Å². The van der Waals surface area contributed by atoms with Gasteiger partial charge in [0.05, 0.1) is 5.54 Å². The first kappa shape index (κ1) is 14.5. The molecule has 0 aromatic rings. The van der Waals surface area contributed by atoms with Gasteiger partial charge in [0, 0.05) is 24.8 Å². The summed E-state index contributed by atoms with van der Waals surface area (Å²) < 4.78 is 28.1. The summed E-state index contributed by atoms with van der Waals surface area (Å²) in [5.74, 6) is 0.361.